The summed E-state index contributed by atoms with van der Waals surface area (Å²) in [4.78, 5) is 16.3. The molecule has 0 aliphatic carbocycles. The summed E-state index contributed by atoms with van der Waals surface area (Å²) in [6, 6.07) is 0. The number of carbonyl (C=O) groups is 1. The molecule has 1 N–H and O–H groups in total. The maximum absolute atomic E-state index is 12.1. The molecule has 0 unspecified atom stereocenters. The summed E-state index contributed by atoms with van der Waals surface area (Å²) in [6.45, 7) is 8.13. The van der Waals surface area contributed by atoms with Crippen molar-refractivity contribution in [3.8, 4) is 11.5 Å². The molecule has 0 aromatic carbocycles. The summed E-state index contributed by atoms with van der Waals surface area (Å²) in [7, 11) is 0. The highest BCUT2D eigenvalue weighted by Crippen LogP contribution is 2.20. The predicted octanol–water partition coefficient (Wildman–Crippen LogP) is 1.64. The number of nitrogens with zero attached hydrogens (tertiary/aromatic N) is 4. The Morgan fingerprint density at radius 1 is 1.42 bits per heavy atom. The average molecular weight is 263 g/mol. The van der Waals surface area contributed by atoms with Gasteiger partial charge in [-0.25, -0.2) is 9.78 Å². The molecule has 0 aliphatic rings. The molecule has 2 aromatic rings. The molecule has 0 saturated carbocycles. The van der Waals surface area contributed by atoms with E-state index in [0.717, 1.165) is 6.54 Å². The van der Waals surface area contributed by atoms with Crippen LogP contribution in [0.2, 0.25) is 0 Å². The lowest BCUT2D eigenvalue weighted by Gasteiger charge is -2.18. The maximum Gasteiger partial charge on any atom is 0.361 e. The third kappa shape index (κ3) is 2.81. The van der Waals surface area contributed by atoms with Crippen molar-refractivity contribution >= 4 is 5.97 Å². The van der Waals surface area contributed by atoms with Crippen LogP contribution in [0.3, 0.4) is 0 Å². The monoisotopic (exact) mass is 263 g/mol. The molecule has 0 aliphatic heterocycles. The van der Waals surface area contributed by atoms with E-state index in [4.69, 9.17) is 4.74 Å². The van der Waals surface area contributed by atoms with E-state index in [0.29, 0.717) is 11.5 Å². The highest BCUT2D eigenvalue weighted by Gasteiger charge is 2.26. The second-order valence-electron chi connectivity index (χ2n) is 5.06. The molecule has 7 nitrogen and oxygen atoms in total. The number of hydrogen-bond donors (Lipinski definition) is 1. The summed E-state index contributed by atoms with van der Waals surface area (Å²) in [5.74, 6) is 0.0824. The van der Waals surface area contributed by atoms with Gasteiger partial charge in [-0.15, -0.1) is 5.10 Å². The lowest BCUT2D eigenvalue weighted by molar-refractivity contribution is 0.00636. The van der Waals surface area contributed by atoms with Crippen LogP contribution in [0.5, 0.6) is 0 Å². The van der Waals surface area contributed by atoms with Gasteiger partial charge in [0.05, 0.1) is 0 Å². The lowest BCUT2D eigenvalue weighted by Crippen LogP contribution is -2.24. The molecule has 2 aromatic heterocycles. The van der Waals surface area contributed by atoms with E-state index in [-0.39, 0.29) is 5.69 Å². The number of nitrogens with one attached hydrogen (secondary N) is 1. The largest absolute Gasteiger partial charge is 0.455 e. The van der Waals surface area contributed by atoms with Gasteiger partial charge >= 0.3 is 5.97 Å². The van der Waals surface area contributed by atoms with Gasteiger partial charge in [-0.1, -0.05) is 0 Å². The fourth-order valence-electron chi connectivity index (χ4n) is 1.64. The standard InChI is InChI=1S/C12H17N5O2/c1-5-17-7-6-13-10(17)8-9(15-16-14-8)11(18)19-12(2,3)4/h6-7H,5H2,1-4H3,(H,14,15,16). The van der Waals surface area contributed by atoms with Crippen LogP contribution in [0.25, 0.3) is 11.5 Å². The van der Waals surface area contributed by atoms with Crippen LogP contribution in [0, 0.1) is 0 Å². The van der Waals surface area contributed by atoms with Crippen molar-refractivity contribution in [1.29, 1.82) is 0 Å². The molecule has 0 fully saturated rings. The van der Waals surface area contributed by atoms with Crippen molar-refractivity contribution in [2.75, 3.05) is 0 Å². The Kier molecular flexibility index (Phi) is 3.37. The minimum Gasteiger partial charge on any atom is -0.455 e. The average Bonchev–Trinajstić information content (AvgIpc) is 2.94. The molecule has 0 saturated heterocycles. The van der Waals surface area contributed by atoms with E-state index in [2.05, 4.69) is 20.4 Å². The van der Waals surface area contributed by atoms with Crippen molar-refractivity contribution in [2.45, 2.75) is 39.8 Å². The van der Waals surface area contributed by atoms with E-state index in [1.54, 1.807) is 27.0 Å². The molecule has 7 heteroatoms. The summed E-state index contributed by atoms with van der Waals surface area (Å²) in [5, 5.41) is 10.3. The van der Waals surface area contributed by atoms with Crippen molar-refractivity contribution in [3.05, 3.63) is 18.1 Å². The van der Waals surface area contributed by atoms with Gasteiger partial charge in [0, 0.05) is 18.9 Å². The van der Waals surface area contributed by atoms with Crippen LogP contribution >= 0.6 is 0 Å². The third-order valence-corrected chi connectivity index (χ3v) is 2.41. The topological polar surface area (TPSA) is 85.7 Å². The van der Waals surface area contributed by atoms with Crippen molar-refractivity contribution in [3.63, 3.8) is 0 Å². The number of aromatic nitrogens is 5. The number of imidazole rings is 1. The van der Waals surface area contributed by atoms with Crippen molar-refractivity contribution < 1.29 is 9.53 Å². The zero-order valence-electron chi connectivity index (χ0n) is 11.5. The summed E-state index contributed by atoms with van der Waals surface area (Å²) in [6.07, 6.45) is 3.48. The number of esters is 1. The lowest BCUT2D eigenvalue weighted by atomic mass is 10.2. The maximum atomic E-state index is 12.1. The fraction of sp³-hybridized carbons (Fsp3) is 0.500. The van der Waals surface area contributed by atoms with Gasteiger partial charge in [-0.3, -0.25) is 0 Å². The van der Waals surface area contributed by atoms with Gasteiger partial charge in [-0.05, 0) is 27.7 Å². The van der Waals surface area contributed by atoms with Crippen LogP contribution in [-0.4, -0.2) is 36.5 Å². The van der Waals surface area contributed by atoms with Crippen molar-refractivity contribution in [1.82, 2.24) is 25.0 Å². The molecule has 0 amide bonds. The Labute approximate surface area is 111 Å². The molecule has 102 valence electrons. The molecule has 2 rings (SSSR count). The number of carbonyl (C=O) groups excluding carboxylic acids is 1. The molecule has 0 spiro atoms. The SMILES string of the molecule is CCn1ccnc1-c1n[nH]nc1C(=O)OC(C)(C)C. The predicted molar refractivity (Wildman–Crippen MR) is 68.4 cm³/mol. The van der Waals surface area contributed by atoms with Crippen LogP contribution < -0.4 is 0 Å². The van der Waals surface area contributed by atoms with Gasteiger partial charge in [0.2, 0.25) is 5.69 Å². The van der Waals surface area contributed by atoms with E-state index in [1.165, 1.54) is 0 Å². The molecule has 0 radical (unpaired) electrons. The highest BCUT2D eigenvalue weighted by atomic mass is 16.6. The zero-order chi connectivity index (χ0) is 14.0. The van der Waals surface area contributed by atoms with Crippen molar-refractivity contribution in [2.24, 2.45) is 0 Å². The first-order chi connectivity index (χ1) is 8.92. The number of rotatable bonds is 3. The molecule has 2 heterocycles. The van der Waals surface area contributed by atoms with Gasteiger partial charge < -0.3 is 9.30 Å². The fourth-order valence-corrected chi connectivity index (χ4v) is 1.64. The summed E-state index contributed by atoms with van der Waals surface area (Å²) in [5.41, 5.74) is -0.0232. The Bertz CT molecular complexity index is 579. The molecule has 0 atom stereocenters. The highest BCUT2D eigenvalue weighted by molar-refractivity contribution is 5.93. The van der Waals surface area contributed by atoms with Gasteiger partial charge in [0.25, 0.3) is 0 Å². The number of ether oxygens (including phenoxy) is 1. The third-order valence-electron chi connectivity index (χ3n) is 2.41. The first-order valence-electron chi connectivity index (χ1n) is 6.08. The van der Waals surface area contributed by atoms with Crippen LogP contribution in [-0.2, 0) is 11.3 Å². The number of H-pyrrole nitrogens is 1. The Hall–Kier alpha value is -2.18. The van der Waals surface area contributed by atoms with E-state index < -0.39 is 11.6 Å². The Balaban J connectivity index is 2.35. The summed E-state index contributed by atoms with van der Waals surface area (Å²) >= 11 is 0. The number of aromatic amines is 1. The summed E-state index contributed by atoms with van der Waals surface area (Å²) < 4.78 is 7.18. The number of hydrogen-bond acceptors (Lipinski definition) is 5. The molecule has 0 bridgehead atoms. The zero-order valence-corrected chi connectivity index (χ0v) is 11.5. The normalized spacial score (nSPS) is 11.6. The molecular weight excluding hydrogens is 246 g/mol. The van der Waals surface area contributed by atoms with Crippen LogP contribution in [0.1, 0.15) is 38.2 Å². The first-order valence-corrected chi connectivity index (χ1v) is 6.08. The first kappa shape index (κ1) is 13.3. The minimum absolute atomic E-state index is 0.149. The number of aryl methyl sites for hydroxylation is 1. The van der Waals surface area contributed by atoms with E-state index >= 15 is 0 Å². The minimum atomic E-state index is -0.576. The van der Waals surface area contributed by atoms with E-state index in [1.807, 2.05) is 17.7 Å². The molecule has 19 heavy (non-hydrogen) atoms. The van der Waals surface area contributed by atoms with Crippen LogP contribution in [0.15, 0.2) is 12.4 Å². The van der Waals surface area contributed by atoms with Gasteiger partial charge in [0.15, 0.2) is 11.5 Å². The quantitative estimate of drug-likeness (QED) is 0.851. The van der Waals surface area contributed by atoms with Gasteiger partial charge in [-0.2, -0.15) is 10.3 Å². The second kappa shape index (κ2) is 4.83. The smallest absolute Gasteiger partial charge is 0.361 e. The van der Waals surface area contributed by atoms with E-state index in [9.17, 15) is 4.79 Å². The Morgan fingerprint density at radius 3 is 2.79 bits per heavy atom. The second-order valence-corrected chi connectivity index (χ2v) is 5.06. The molecular formula is C12H17N5O2. The van der Waals surface area contributed by atoms with Crippen LogP contribution in [0.4, 0.5) is 0 Å². The Morgan fingerprint density at radius 2 is 2.16 bits per heavy atom. The van der Waals surface area contributed by atoms with Gasteiger partial charge in [0.1, 0.15) is 5.60 Å².